The minimum Gasteiger partial charge on any atom is -0.360 e. The van der Waals surface area contributed by atoms with E-state index >= 15 is 0 Å². The maximum atomic E-state index is 13.4. The molecule has 1 saturated heterocycles. The number of amides is 3. The van der Waals surface area contributed by atoms with Gasteiger partial charge in [-0.05, 0) is 48.3 Å². The number of aryl methyl sites for hydroxylation is 1. The molecule has 1 aliphatic rings. The van der Waals surface area contributed by atoms with Crippen molar-refractivity contribution in [2.75, 3.05) is 13.1 Å². The first-order chi connectivity index (χ1) is 19.5. The highest BCUT2D eigenvalue weighted by Crippen LogP contribution is 2.32. The molecule has 3 amide bonds. The van der Waals surface area contributed by atoms with Crippen LogP contribution in [0.2, 0.25) is 0 Å². The molecule has 13 heteroatoms. The molecule has 1 aliphatic heterocycles. The Labute approximate surface area is 231 Å². The maximum Gasteiger partial charge on any atom is 0.289 e. The number of nitrogens with one attached hydrogen (secondary N) is 2. The SMILES string of the molecule is Cc1onc(-c2ccccc2)c1C(=O)N1CCC(c2nc(C(=O)NNC(=O)c3ccc4nonc4c3)cs2)CC1. The van der Waals surface area contributed by atoms with E-state index in [1.807, 2.05) is 35.2 Å². The Bertz CT molecular complexity index is 1700. The monoisotopic (exact) mass is 557 g/mol. The lowest BCUT2D eigenvalue weighted by molar-refractivity contribution is 0.0711. The smallest absolute Gasteiger partial charge is 0.289 e. The Hall–Kier alpha value is -4.91. The van der Waals surface area contributed by atoms with Crippen LogP contribution in [0.5, 0.6) is 0 Å². The van der Waals surface area contributed by atoms with Crippen molar-refractivity contribution in [1.82, 2.24) is 36.2 Å². The van der Waals surface area contributed by atoms with Crippen molar-refractivity contribution < 1.29 is 23.5 Å². The molecule has 0 spiro atoms. The lowest BCUT2D eigenvalue weighted by Crippen LogP contribution is -2.41. The van der Waals surface area contributed by atoms with Gasteiger partial charge in [0.25, 0.3) is 17.7 Å². The van der Waals surface area contributed by atoms with E-state index in [0.717, 1.165) is 10.6 Å². The first-order valence-corrected chi connectivity index (χ1v) is 13.5. The van der Waals surface area contributed by atoms with Crippen LogP contribution in [-0.2, 0) is 0 Å². The molecule has 0 bridgehead atoms. The van der Waals surface area contributed by atoms with Crippen molar-refractivity contribution in [1.29, 1.82) is 0 Å². The van der Waals surface area contributed by atoms with E-state index in [4.69, 9.17) is 4.52 Å². The molecule has 40 heavy (non-hydrogen) atoms. The van der Waals surface area contributed by atoms with Gasteiger partial charge in [-0.1, -0.05) is 35.5 Å². The fraction of sp³-hybridized carbons (Fsp3) is 0.222. The molecule has 0 saturated carbocycles. The summed E-state index contributed by atoms with van der Waals surface area (Å²) in [6.07, 6.45) is 1.42. The number of hydrogen-bond acceptors (Lipinski definition) is 10. The van der Waals surface area contributed by atoms with Crippen LogP contribution in [0.25, 0.3) is 22.3 Å². The minimum absolute atomic E-state index is 0.107. The Balaban J connectivity index is 1.05. The van der Waals surface area contributed by atoms with E-state index in [1.165, 1.54) is 17.4 Å². The predicted octanol–water partition coefficient (Wildman–Crippen LogP) is 3.74. The van der Waals surface area contributed by atoms with Gasteiger partial charge >= 0.3 is 0 Å². The highest BCUT2D eigenvalue weighted by Gasteiger charge is 2.31. The van der Waals surface area contributed by atoms with Gasteiger partial charge in [0, 0.05) is 35.5 Å². The van der Waals surface area contributed by atoms with Gasteiger partial charge in [-0.25, -0.2) is 9.61 Å². The number of fused-ring (bicyclic) bond motifs is 1. The molecule has 4 heterocycles. The molecule has 6 rings (SSSR count). The first-order valence-electron chi connectivity index (χ1n) is 12.6. The zero-order chi connectivity index (χ0) is 27.6. The Kier molecular flexibility index (Phi) is 6.78. The highest BCUT2D eigenvalue weighted by atomic mass is 32.1. The number of rotatable bonds is 5. The summed E-state index contributed by atoms with van der Waals surface area (Å²) in [6, 6.07) is 14.2. The number of carbonyl (C=O) groups excluding carboxylic acids is 3. The first kappa shape index (κ1) is 25.4. The average molecular weight is 558 g/mol. The molecule has 0 aliphatic carbocycles. The molecule has 5 aromatic rings. The van der Waals surface area contributed by atoms with Crippen molar-refractivity contribution in [3.63, 3.8) is 0 Å². The summed E-state index contributed by atoms with van der Waals surface area (Å²) in [7, 11) is 0. The van der Waals surface area contributed by atoms with Crippen LogP contribution in [0.1, 0.15) is 60.7 Å². The Morgan fingerprint density at radius 3 is 2.50 bits per heavy atom. The van der Waals surface area contributed by atoms with Gasteiger partial charge in [0.15, 0.2) is 0 Å². The van der Waals surface area contributed by atoms with Crippen LogP contribution in [0.3, 0.4) is 0 Å². The summed E-state index contributed by atoms with van der Waals surface area (Å²) in [5.41, 5.74) is 8.10. The standard InChI is InChI=1S/C27H23N7O5S/c1-15-22(23(33-38-15)16-5-3-2-4-6-16)27(37)34-11-9-17(10-12-34)26-28-21(14-40-26)25(36)30-29-24(35)18-7-8-19-20(13-18)32-39-31-19/h2-8,13-14,17H,9-12H2,1H3,(H,29,35)(H,30,36). The summed E-state index contributed by atoms with van der Waals surface area (Å²) in [5, 5.41) is 14.0. The van der Waals surface area contributed by atoms with E-state index in [-0.39, 0.29) is 17.5 Å². The third-order valence-electron chi connectivity index (χ3n) is 6.82. The molecule has 0 radical (unpaired) electrons. The molecule has 2 aromatic carbocycles. The van der Waals surface area contributed by atoms with Crippen molar-refractivity contribution in [2.24, 2.45) is 0 Å². The van der Waals surface area contributed by atoms with Crippen LogP contribution >= 0.6 is 11.3 Å². The number of nitrogens with zero attached hydrogens (tertiary/aromatic N) is 5. The number of carbonyl (C=O) groups is 3. The summed E-state index contributed by atoms with van der Waals surface area (Å²) < 4.78 is 10.0. The summed E-state index contributed by atoms with van der Waals surface area (Å²) in [5.74, 6) is -0.535. The number of hydrogen-bond donors (Lipinski definition) is 2. The second kappa shape index (κ2) is 10.7. The quantitative estimate of drug-likeness (QED) is 0.307. The lowest BCUT2D eigenvalue weighted by atomic mass is 9.96. The lowest BCUT2D eigenvalue weighted by Gasteiger charge is -2.31. The van der Waals surface area contributed by atoms with E-state index in [9.17, 15) is 14.4 Å². The minimum atomic E-state index is -0.524. The van der Waals surface area contributed by atoms with Crippen molar-refractivity contribution in [3.8, 4) is 11.3 Å². The van der Waals surface area contributed by atoms with Crippen LogP contribution in [0, 0.1) is 6.92 Å². The summed E-state index contributed by atoms with van der Waals surface area (Å²) >= 11 is 1.39. The molecule has 2 N–H and O–H groups in total. The molecular formula is C27H23N7O5S. The summed E-state index contributed by atoms with van der Waals surface area (Å²) in [6.45, 7) is 2.84. The average Bonchev–Trinajstić information content (AvgIpc) is 3.75. The van der Waals surface area contributed by atoms with Crippen molar-refractivity contribution in [2.45, 2.75) is 25.7 Å². The second-order valence-electron chi connectivity index (χ2n) is 9.34. The van der Waals surface area contributed by atoms with Crippen molar-refractivity contribution in [3.05, 3.63) is 81.5 Å². The number of hydrazine groups is 1. The van der Waals surface area contributed by atoms with E-state index in [1.54, 1.807) is 24.4 Å². The molecule has 3 aromatic heterocycles. The molecule has 202 valence electrons. The third kappa shape index (κ3) is 4.94. The normalized spacial score (nSPS) is 13.9. The molecule has 1 fully saturated rings. The largest absolute Gasteiger partial charge is 0.360 e. The molecule has 12 nitrogen and oxygen atoms in total. The van der Waals surface area contributed by atoms with Gasteiger partial charge in [0.2, 0.25) is 0 Å². The second-order valence-corrected chi connectivity index (χ2v) is 10.2. The molecule has 0 atom stereocenters. The van der Waals surface area contributed by atoms with Crippen LogP contribution in [-0.4, -0.2) is 56.2 Å². The van der Waals surface area contributed by atoms with Gasteiger partial charge in [0.05, 0.1) is 5.01 Å². The van der Waals surface area contributed by atoms with Crippen LogP contribution < -0.4 is 10.9 Å². The van der Waals surface area contributed by atoms with E-state index in [2.05, 4.69) is 35.9 Å². The number of piperidine rings is 1. The molecule has 0 unspecified atom stereocenters. The highest BCUT2D eigenvalue weighted by molar-refractivity contribution is 7.09. The third-order valence-corrected chi connectivity index (χ3v) is 7.82. The van der Waals surface area contributed by atoms with E-state index in [0.29, 0.717) is 59.5 Å². The maximum absolute atomic E-state index is 13.4. The Morgan fingerprint density at radius 1 is 0.950 bits per heavy atom. The topological polar surface area (TPSA) is 156 Å². The van der Waals surface area contributed by atoms with Crippen LogP contribution in [0.15, 0.2) is 63.1 Å². The fourth-order valence-electron chi connectivity index (χ4n) is 4.66. The van der Waals surface area contributed by atoms with Gasteiger partial charge in [-0.2, -0.15) is 0 Å². The Morgan fingerprint density at radius 2 is 1.70 bits per heavy atom. The van der Waals surface area contributed by atoms with E-state index < -0.39 is 11.8 Å². The van der Waals surface area contributed by atoms with Gasteiger partial charge in [-0.15, -0.1) is 11.3 Å². The number of benzene rings is 2. The van der Waals surface area contributed by atoms with Gasteiger partial charge in [-0.3, -0.25) is 25.2 Å². The van der Waals surface area contributed by atoms with Gasteiger partial charge < -0.3 is 9.42 Å². The summed E-state index contributed by atoms with van der Waals surface area (Å²) in [4.78, 5) is 44.8. The van der Waals surface area contributed by atoms with Crippen LogP contribution in [0.4, 0.5) is 0 Å². The predicted molar refractivity (Wildman–Crippen MR) is 143 cm³/mol. The zero-order valence-electron chi connectivity index (χ0n) is 21.3. The number of thiazole rings is 1. The number of likely N-dealkylation sites (tertiary alicyclic amines) is 1. The number of aromatic nitrogens is 4. The van der Waals surface area contributed by atoms with Crippen molar-refractivity contribution >= 4 is 40.1 Å². The zero-order valence-corrected chi connectivity index (χ0v) is 22.1. The molecular weight excluding hydrogens is 534 g/mol. The fourth-order valence-corrected chi connectivity index (χ4v) is 5.63. The van der Waals surface area contributed by atoms with Gasteiger partial charge in [0.1, 0.15) is 33.7 Å².